The molecule has 2 aromatic rings. The summed E-state index contributed by atoms with van der Waals surface area (Å²) >= 11 is 0. The van der Waals surface area contributed by atoms with Crippen LogP contribution in [-0.2, 0) is 25.8 Å². The Labute approximate surface area is 147 Å². The molecule has 0 atom stereocenters. The number of rotatable bonds is 6. The van der Waals surface area contributed by atoms with E-state index in [2.05, 4.69) is 18.9 Å². The zero-order chi connectivity index (χ0) is 18.1. The first-order valence-electron chi connectivity index (χ1n) is 8.80. The normalized spacial score (nSPS) is 13.0. The Hall–Kier alpha value is -2.34. The molecule has 0 amide bonds. The largest absolute Gasteiger partial charge is 0.508 e. The lowest BCUT2D eigenvalue weighted by Gasteiger charge is -2.18. The van der Waals surface area contributed by atoms with E-state index in [1.165, 1.54) is 0 Å². The summed E-state index contributed by atoms with van der Waals surface area (Å²) < 4.78 is 1.57. The van der Waals surface area contributed by atoms with Crippen LogP contribution in [0.2, 0.25) is 0 Å². The fourth-order valence-corrected chi connectivity index (χ4v) is 3.56. The van der Waals surface area contributed by atoms with Crippen LogP contribution in [0.5, 0.6) is 5.75 Å². The molecule has 3 rings (SSSR count). The molecule has 0 aliphatic heterocycles. The molecule has 1 heterocycles. The number of carboxylic acid groups (broad SMARTS) is 1. The number of fused-ring (bicyclic) bond motifs is 3. The van der Waals surface area contributed by atoms with Crippen molar-refractivity contribution in [3.63, 3.8) is 0 Å². The van der Waals surface area contributed by atoms with Crippen molar-refractivity contribution in [2.45, 2.75) is 46.1 Å². The SMILES string of the molecule is CC(C)Cc1cc2c(cc1O)CCc1c-2nn(CCCN)c1C(=O)O. The Kier molecular flexibility index (Phi) is 4.81. The molecule has 0 saturated carbocycles. The highest BCUT2D eigenvalue weighted by atomic mass is 16.4. The molecule has 0 bridgehead atoms. The molecule has 25 heavy (non-hydrogen) atoms. The minimum absolute atomic E-state index is 0.271. The van der Waals surface area contributed by atoms with E-state index in [-0.39, 0.29) is 5.69 Å². The number of phenols is 1. The van der Waals surface area contributed by atoms with Crippen molar-refractivity contribution in [3.05, 3.63) is 34.5 Å². The van der Waals surface area contributed by atoms with E-state index in [9.17, 15) is 15.0 Å². The fourth-order valence-electron chi connectivity index (χ4n) is 3.56. The van der Waals surface area contributed by atoms with Gasteiger partial charge in [0, 0.05) is 17.7 Å². The topological polar surface area (TPSA) is 101 Å². The number of nitrogens with zero attached hydrogens (tertiary/aromatic N) is 2. The Morgan fingerprint density at radius 2 is 2.12 bits per heavy atom. The van der Waals surface area contributed by atoms with Crippen LogP contribution < -0.4 is 5.73 Å². The number of benzene rings is 1. The molecule has 0 fully saturated rings. The number of carboxylic acids is 1. The molecular formula is C19H25N3O3. The first-order chi connectivity index (χ1) is 11.9. The predicted molar refractivity (Wildman–Crippen MR) is 95.9 cm³/mol. The number of nitrogens with two attached hydrogens (primary N) is 1. The minimum atomic E-state index is -0.949. The van der Waals surface area contributed by atoms with Crippen molar-refractivity contribution in [1.82, 2.24) is 9.78 Å². The highest BCUT2D eigenvalue weighted by molar-refractivity contribution is 5.91. The standard InChI is InChI=1S/C19H25N3O3/c1-11(2)8-13-9-15-12(10-16(13)23)4-5-14-17(15)21-22(7-3-6-20)18(14)19(24)25/h9-11,23H,3-8,20H2,1-2H3,(H,24,25). The lowest BCUT2D eigenvalue weighted by molar-refractivity contribution is 0.0681. The van der Waals surface area contributed by atoms with Crippen molar-refractivity contribution in [2.75, 3.05) is 6.54 Å². The fraction of sp³-hybridized carbons (Fsp3) is 0.474. The summed E-state index contributed by atoms with van der Waals surface area (Å²) in [5.41, 5.74) is 10.2. The number of aromatic nitrogens is 2. The van der Waals surface area contributed by atoms with Crippen molar-refractivity contribution in [2.24, 2.45) is 11.7 Å². The van der Waals surface area contributed by atoms with Crippen LogP contribution in [0.1, 0.15) is 47.4 Å². The molecular weight excluding hydrogens is 318 g/mol. The van der Waals surface area contributed by atoms with Crippen molar-refractivity contribution in [3.8, 4) is 17.0 Å². The van der Waals surface area contributed by atoms with E-state index in [1.807, 2.05) is 12.1 Å². The maximum absolute atomic E-state index is 11.8. The van der Waals surface area contributed by atoms with Gasteiger partial charge in [-0.1, -0.05) is 13.8 Å². The molecule has 1 aromatic heterocycles. The Morgan fingerprint density at radius 3 is 2.76 bits per heavy atom. The van der Waals surface area contributed by atoms with Crippen LogP contribution in [0.3, 0.4) is 0 Å². The van der Waals surface area contributed by atoms with Gasteiger partial charge in [-0.3, -0.25) is 4.68 Å². The van der Waals surface area contributed by atoms with Gasteiger partial charge >= 0.3 is 5.97 Å². The van der Waals surface area contributed by atoms with Gasteiger partial charge in [0.25, 0.3) is 0 Å². The van der Waals surface area contributed by atoms with E-state index in [0.29, 0.717) is 44.0 Å². The number of carbonyl (C=O) groups is 1. The lowest BCUT2D eigenvalue weighted by Crippen LogP contribution is -2.14. The van der Waals surface area contributed by atoms with E-state index in [1.54, 1.807) is 4.68 Å². The quantitative estimate of drug-likeness (QED) is 0.748. The maximum atomic E-state index is 11.8. The molecule has 0 unspecified atom stereocenters. The van der Waals surface area contributed by atoms with Crippen LogP contribution in [0.4, 0.5) is 0 Å². The summed E-state index contributed by atoms with van der Waals surface area (Å²) in [4.78, 5) is 11.8. The third-order valence-electron chi connectivity index (χ3n) is 4.66. The van der Waals surface area contributed by atoms with Crippen molar-refractivity contribution < 1.29 is 15.0 Å². The first kappa shape index (κ1) is 17.5. The zero-order valence-corrected chi connectivity index (χ0v) is 14.7. The number of hydrogen-bond donors (Lipinski definition) is 3. The summed E-state index contributed by atoms with van der Waals surface area (Å²) in [6.07, 6.45) is 2.78. The smallest absolute Gasteiger partial charge is 0.354 e. The summed E-state index contributed by atoms with van der Waals surface area (Å²) in [5.74, 6) is -0.212. The number of hydrogen-bond acceptors (Lipinski definition) is 4. The second kappa shape index (κ2) is 6.88. The molecule has 1 aromatic carbocycles. The Bertz CT molecular complexity index is 809. The molecule has 1 aliphatic carbocycles. The van der Waals surface area contributed by atoms with Crippen LogP contribution in [0.15, 0.2) is 12.1 Å². The van der Waals surface area contributed by atoms with Gasteiger partial charge in [-0.05, 0) is 61.4 Å². The second-order valence-electron chi connectivity index (χ2n) is 7.08. The van der Waals surface area contributed by atoms with E-state index >= 15 is 0 Å². The highest BCUT2D eigenvalue weighted by Crippen LogP contribution is 2.38. The summed E-state index contributed by atoms with van der Waals surface area (Å²) in [6, 6.07) is 3.80. The highest BCUT2D eigenvalue weighted by Gasteiger charge is 2.28. The third-order valence-corrected chi connectivity index (χ3v) is 4.66. The molecule has 0 spiro atoms. The minimum Gasteiger partial charge on any atom is -0.508 e. The van der Waals surface area contributed by atoms with Crippen LogP contribution in [-0.4, -0.2) is 32.5 Å². The zero-order valence-electron chi connectivity index (χ0n) is 14.7. The molecule has 0 saturated heterocycles. The monoisotopic (exact) mass is 343 g/mol. The molecule has 4 N–H and O–H groups in total. The van der Waals surface area contributed by atoms with Crippen molar-refractivity contribution >= 4 is 5.97 Å². The Balaban J connectivity index is 2.12. The van der Waals surface area contributed by atoms with E-state index in [0.717, 1.165) is 34.4 Å². The van der Waals surface area contributed by atoms with Gasteiger partial charge in [0.05, 0.1) is 5.69 Å². The van der Waals surface area contributed by atoms with E-state index in [4.69, 9.17) is 5.73 Å². The molecule has 6 nitrogen and oxygen atoms in total. The number of aryl methyl sites for hydroxylation is 2. The Morgan fingerprint density at radius 1 is 1.36 bits per heavy atom. The number of aromatic carboxylic acids is 1. The lowest BCUT2D eigenvalue weighted by atomic mass is 9.86. The second-order valence-corrected chi connectivity index (χ2v) is 7.08. The molecule has 134 valence electrons. The average Bonchev–Trinajstić information content (AvgIpc) is 2.92. The average molecular weight is 343 g/mol. The molecule has 6 heteroatoms. The van der Waals surface area contributed by atoms with Crippen LogP contribution >= 0.6 is 0 Å². The van der Waals surface area contributed by atoms with Gasteiger partial charge in [0.15, 0.2) is 0 Å². The number of phenolic OH excluding ortho intramolecular Hbond substituents is 1. The summed E-state index contributed by atoms with van der Waals surface area (Å²) in [7, 11) is 0. The predicted octanol–water partition coefficient (Wildman–Crippen LogP) is 2.60. The van der Waals surface area contributed by atoms with Crippen molar-refractivity contribution in [1.29, 1.82) is 0 Å². The van der Waals surface area contributed by atoms with Crippen LogP contribution in [0, 0.1) is 5.92 Å². The van der Waals surface area contributed by atoms with Gasteiger partial charge in [-0.2, -0.15) is 5.10 Å². The first-order valence-corrected chi connectivity index (χ1v) is 8.80. The maximum Gasteiger partial charge on any atom is 0.354 e. The summed E-state index contributed by atoms with van der Waals surface area (Å²) in [5, 5.41) is 24.5. The molecule has 1 aliphatic rings. The van der Waals surface area contributed by atoms with Gasteiger partial charge < -0.3 is 15.9 Å². The van der Waals surface area contributed by atoms with Gasteiger partial charge in [0.2, 0.25) is 0 Å². The van der Waals surface area contributed by atoms with Gasteiger partial charge in [-0.15, -0.1) is 0 Å². The molecule has 0 radical (unpaired) electrons. The van der Waals surface area contributed by atoms with Gasteiger partial charge in [-0.25, -0.2) is 4.79 Å². The number of aromatic hydroxyl groups is 1. The summed E-state index contributed by atoms with van der Waals surface area (Å²) in [6.45, 7) is 5.20. The van der Waals surface area contributed by atoms with E-state index < -0.39 is 5.97 Å². The van der Waals surface area contributed by atoms with Gasteiger partial charge in [0.1, 0.15) is 11.4 Å². The third kappa shape index (κ3) is 3.26. The van der Waals surface area contributed by atoms with Crippen LogP contribution in [0.25, 0.3) is 11.3 Å².